The van der Waals surface area contributed by atoms with E-state index < -0.39 is 33.8 Å². The molecule has 18 heteroatoms. The van der Waals surface area contributed by atoms with Crippen molar-refractivity contribution in [1.29, 1.82) is 0 Å². The molecule has 0 aliphatic rings. The van der Waals surface area contributed by atoms with E-state index in [1.165, 1.54) is 0 Å². The van der Waals surface area contributed by atoms with Crippen LogP contribution in [0.15, 0.2) is 0 Å². The molecule has 0 amide bonds. The number of aliphatic hydroxyl groups is 1. The van der Waals surface area contributed by atoms with E-state index in [-0.39, 0.29) is 6.61 Å². The molecule has 1 unspecified atom stereocenters. The summed E-state index contributed by atoms with van der Waals surface area (Å²) in [5, 5.41) is 8.59. The SMILES string of the molecule is C[Si](C)(C)O[Si](C)(C)O[Si](C)(CCCOCCOCCOCCOCCOCCOCCOCCOCCOCCOCCO)O[Si](C)(C)C. The maximum Gasteiger partial charge on any atom is 0.315 e. The first-order chi connectivity index (χ1) is 23.7. The molecule has 0 aromatic carbocycles. The number of ether oxygens (including phenoxy) is 10. The van der Waals surface area contributed by atoms with Gasteiger partial charge in [-0.3, -0.25) is 0 Å². The van der Waals surface area contributed by atoms with Crippen LogP contribution in [0.3, 0.4) is 0 Å². The van der Waals surface area contributed by atoms with Crippen LogP contribution in [0.25, 0.3) is 0 Å². The van der Waals surface area contributed by atoms with Crippen molar-refractivity contribution in [2.45, 2.75) is 71.4 Å². The highest BCUT2D eigenvalue weighted by molar-refractivity contribution is 6.89. The van der Waals surface area contributed by atoms with Crippen molar-refractivity contribution in [3.8, 4) is 0 Å². The van der Waals surface area contributed by atoms with Crippen LogP contribution in [0.2, 0.25) is 65.0 Å². The van der Waals surface area contributed by atoms with Crippen molar-refractivity contribution in [3.63, 3.8) is 0 Å². The number of hydrogen-bond donors (Lipinski definition) is 1. The Balaban J connectivity index is 3.50. The lowest BCUT2D eigenvalue weighted by atomic mass is 10.5. The summed E-state index contributed by atoms with van der Waals surface area (Å²) in [4.78, 5) is 0. The van der Waals surface area contributed by atoms with E-state index in [1.807, 2.05) is 0 Å². The molecule has 0 bridgehead atoms. The van der Waals surface area contributed by atoms with Crippen LogP contribution in [0.4, 0.5) is 0 Å². The average molecular weight is 795 g/mol. The Bertz CT molecular complexity index is 747. The maximum absolute atomic E-state index is 8.59. The molecule has 0 saturated heterocycles. The molecule has 0 spiro atoms. The monoisotopic (exact) mass is 794 g/mol. The molecule has 0 aliphatic heterocycles. The Morgan fingerprint density at radius 1 is 0.320 bits per heavy atom. The van der Waals surface area contributed by atoms with Gasteiger partial charge < -0.3 is 64.8 Å². The summed E-state index contributed by atoms with van der Waals surface area (Å²) >= 11 is 0. The molecule has 0 saturated carbocycles. The van der Waals surface area contributed by atoms with Gasteiger partial charge in [0, 0.05) is 6.61 Å². The van der Waals surface area contributed by atoms with E-state index in [2.05, 4.69) is 58.9 Å². The number of aliphatic hydroxyl groups excluding tert-OH is 1. The molecule has 0 heterocycles. The fourth-order valence-corrected chi connectivity index (χ4v) is 22.6. The zero-order valence-electron chi connectivity index (χ0n) is 33.0. The standard InChI is InChI=1S/C32H74O14Si4/c1-47(2,3)44-49(7,8)46-50(9,45-48(4,5)6)32-10-12-34-14-16-36-18-20-38-22-24-40-26-28-42-30-31-43-29-27-41-25-23-39-21-19-37-17-15-35-13-11-33/h33H,10-32H2,1-9H3. The molecular weight excluding hydrogens is 721 g/mol. The normalized spacial score (nSPS) is 14.0. The predicted molar refractivity (Wildman–Crippen MR) is 204 cm³/mol. The Morgan fingerprint density at radius 3 is 0.840 bits per heavy atom. The third kappa shape index (κ3) is 38.0. The van der Waals surface area contributed by atoms with Crippen molar-refractivity contribution in [1.82, 2.24) is 0 Å². The van der Waals surface area contributed by atoms with Gasteiger partial charge >= 0.3 is 17.1 Å². The second-order valence-electron chi connectivity index (χ2n) is 14.0. The summed E-state index contributed by atoms with van der Waals surface area (Å²) in [5.74, 6) is 0. The topological polar surface area (TPSA) is 140 Å². The third-order valence-electron chi connectivity index (χ3n) is 6.04. The Kier molecular flexibility index (Phi) is 31.8. The van der Waals surface area contributed by atoms with E-state index in [0.29, 0.717) is 132 Å². The van der Waals surface area contributed by atoms with Gasteiger partial charge in [-0.1, -0.05) is 0 Å². The molecule has 50 heavy (non-hydrogen) atoms. The van der Waals surface area contributed by atoms with Gasteiger partial charge in [0.15, 0.2) is 16.6 Å². The van der Waals surface area contributed by atoms with E-state index in [1.54, 1.807) is 0 Å². The largest absolute Gasteiger partial charge is 0.437 e. The highest BCUT2D eigenvalue weighted by Crippen LogP contribution is 2.27. The summed E-state index contributed by atoms with van der Waals surface area (Å²) in [6, 6.07) is 0.887. The lowest BCUT2D eigenvalue weighted by Crippen LogP contribution is -2.56. The molecule has 1 N–H and O–H groups in total. The van der Waals surface area contributed by atoms with Crippen LogP contribution in [-0.2, 0) is 59.7 Å². The van der Waals surface area contributed by atoms with E-state index in [9.17, 15) is 0 Å². The number of rotatable bonds is 39. The zero-order valence-corrected chi connectivity index (χ0v) is 37.0. The molecule has 0 aliphatic carbocycles. The minimum absolute atomic E-state index is 0.0252. The Labute approximate surface area is 308 Å². The van der Waals surface area contributed by atoms with Crippen molar-refractivity contribution in [2.75, 3.05) is 139 Å². The maximum atomic E-state index is 8.59. The van der Waals surface area contributed by atoms with Crippen LogP contribution in [-0.4, -0.2) is 178 Å². The van der Waals surface area contributed by atoms with Gasteiger partial charge in [-0.25, -0.2) is 0 Å². The molecule has 0 radical (unpaired) electrons. The van der Waals surface area contributed by atoms with Gasteiger partial charge in [-0.05, 0) is 71.4 Å². The van der Waals surface area contributed by atoms with Crippen LogP contribution in [0, 0.1) is 0 Å². The van der Waals surface area contributed by atoms with Crippen LogP contribution < -0.4 is 0 Å². The predicted octanol–water partition coefficient (Wildman–Crippen LogP) is 4.03. The molecule has 0 fully saturated rings. The van der Waals surface area contributed by atoms with Crippen LogP contribution >= 0.6 is 0 Å². The van der Waals surface area contributed by atoms with Crippen molar-refractivity contribution in [3.05, 3.63) is 0 Å². The van der Waals surface area contributed by atoms with Crippen molar-refractivity contribution < 1.29 is 64.8 Å². The Hall–Kier alpha value is 0.308. The molecular formula is C32H74O14Si4. The fraction of sp³-hybridized carbons (Fsp3) is 1.00. The zero-order chi connectivity index (χ0) is 37.5. The fourth-order valence-electron chi connectivity index (χ4n) is 4.69. The lowest BCUT2D eigenvalue weighted by Gasteiger charge is -2.41. The van der Waals surface area contributed by atoms with Gasteiger partial charge in [0.2, 0.25) is 0 Å². The molecule has 1 atom stereocenters. The van der Waals surface area contributed by atoms with Gasteiger partial charge in [0.25, 0.3) is 0 Å². The second-order valence-corrected chi connectivity index (χ2v) is 30.5. The second kappa shape index (κ2) is 31.6. The van der Waals surface area contributed by atoms with Crippen LogP contribution in [0.1, 0.15) is 6.42 Å². The van der Waals surface area contributed by atoms with E-state index in [4.69, 9.17) is 64.8 Å². The summed E-state index contributed by atoms with van der Waals surface area (Å²) in [6.07, 6.45) is 0.892. The summed E-state index contributed by atoms with van der Waals surface area (Å²) in [6.45, 7) is 29.9. The third-order valence-corrected chi connectivity index (χ3v) is 19.6. The summed E-state index contributed by atoms with van der Waals surface area (Å²) in [5.41, 5.74) is 0. The van der Waals surface area contributed by atoms with Crippen molar-refractivity contribution in [2.24, 2.45) is 0 Å². The van der Waals surface area contributed by atoms with Crippen molar-refractivity contribution >= 4 is 33.8 Å². The van der Waals surface area contributed by atoms with Gasteiger partial charge in [0.05, 0.1) is 132 Å². The van der Waals surface area contributed by atoms with Gasteiger partial charge in [0.1, 0.15) is 0 Å². The van der Waals surface area contributed by atoms with Gasteiger partial charge in [-0.2, -0.15) is 0 Å². The Morgan fingerprint density at radius 2 is 0.580 bits per heavy atom. The summed E-state index contributed by atoms with van der Waals surface area (Å²) in [7, 11) is -8.13. The highest BCUT2D eigenvalue weighted by atomic mass is 28.5. The first-order valence-electron chi connectivity index (χ1n) is 18.2. The quantitative estimate of drug-likeness (QED) is 0.0708. The first kappa shape index (κ1) is 50.3. The number of hydrogen-bond acceptors (Lipinski definition) is 14. The molecule has 0 aromatic heterocycles. The smallest absolute Gasteiger partial charge is 0.315 e. The minimum atomic E-state index is -2.39. The van der Waals surface area contributed by atoms with E-state index >= 15 is 0 Å². The van der Waals surface area contributed by atoms with Crippen LogP contribution in [0.5, 0.6) is 0 Å². The highest BCUT2D eigenvalue weighted by Gasteiger charge is 2.44. The molecule has 14 nitrogen and oxygen atoms in total. The molecule has 0 aromatic rings. The summed E-state index contributed by atoms with van der Waals surface area (Å²) < 4.78 is 74.6. The minimum Gasteiger partial charge on any atom is -0.437 e. The lowest BCUT2D eigenvalue weighted by molar-refractivity contribution is -0.0268. The molecule has 0 rings (SSSR count). The van der Waals surface area contributed by atoms with Gasteiger partial charge in [-0.15, -0.1) is 0 Å². The first-order valence-corrected chi connectivity index (χ1v) is 30.3. The molecule has 302 valence electrons. The van der Waals surface area contributed by atoms with E-state index in [0.717, 1.165) is 12.5 Å². The average Bonchev–Trinajstić information content (AvgIpc) is 2.99.